The van der Waals surface area contributed by atoms with Crippen LogP contribution >= 0.6 is 0 Å². The topological polar surface area (TPSA) is 178 Å². The number of carbonyl (C=O) groups is 1. The Kier molecular flexibility index (Phi) is 7.23. The van der Waals surface area contributed by atoms with Crippen LogP contribution in [0.4, 0.5) is 17.1 Å². The monoisotopic (exact) mass is 476 g/mol. The van der Waals surface area contributed by atoms with Crippen molar-refractivity contribution in [1.29, 1.82) is 5.26 Å². The molecule has 0 aliphatic rings. The summed E-state index contributed by atoms with van der Waals surface area (Å²) in [6.45, 7) is 0. The molecule has 0 radical (unpaired) electrons. The molecule has 12 heteroatoms. The average Bonchev–Trinajstić information content (AvgIpc) is 2.84. The Morgan fingerprint density at radius 3 is 2.29 bits per heavy atom. The summed E-state index contributed by atoms with van der Waals surface area (Å²) in [6, 6.07) is 14.8. The fraction of sp³-hybridized carbons (Fsp3) is 0.0435. The summed E-state index contributed by atoms with van der Waals surface area (Å²) >= 11 is 0. The minimum Gasteiger partial charge on any atom is -0.508 e. The van der Waals surface area contributed by atoms with Crippen molar-refractivity contribution in [3.63, 3.8) is 0 Å². The summed E-state index contributed by atoms with van der Waals surface area (Å²) in [6.07, 6.45) is 1.30. The maximum Gasteiger partial charge on any atom is 0.318 e. The number of nitro groups is 2. The normalized spacial score (nSPS) is 10.7. The fourth-order valence-electron chi connectivity index (χ4n) is 2.88. The lowest BCUT2D eigenvalue weighted by Crippen LogP contribution is -2.13. The number of non-ortho nitro benzene ring substituents is 1. The highest BCUT2D eigenvalue weighted by molar-refractivity contribution is 6.09. The van der Waals surface area contributed by atoms with Crippen molar-refractivity contribution in [3.8, 4) is 29.1 Å². The van der Waals surface area contributed by atoms with Crippen molar-refractivity contribution in [1.82, 2.24) is 0 Å². The molecule has 0 unspecified atom stereocenters. The highest BCUT2D eigenvalue weighted by Crippen LogP contribution is 2.38. The molecule has 35 heavy (non-hydrogen) atoms. The molecule has 0 aliphatic heterocycles. The smallest absolute Gasteiger partial charge is 0.318 e. The summed E-state index contributed by atoms with van der Waals surface area (Å²) in [5, 5.41) is 43.5. The summed E-state index contributed by atoms with van der Waals surface area (Å²) in [5.74, 6) is -0.712. The van der Waals surface area contributed by atoms with E-state index in [0.29, 0.717) is 11.3 Å². The Bertz CT molecular complexity index is 1380. The van der Waals surface area contributed by atoms with Crippen molar-refractivity contribution in [3.05, 3.63) is 92.0 Å². The Balaban J connectivity index is 1.87. The van der Waals surface area contributed by atoms with E-state index in [9.17, 15) is 35.4 Å². The second-order valence-electron chi connectivity index (χ2n) is 6.85. The Morgan fingerprint density at radius 1 is 1.00 bits per heavy atom. The Morgan fingerprint density at radius 2 is 1.69 bits per heavy atom. The van der Waals surface area contributed by atoms with Crippen LogP contribution in [0.5, 0.6) is 23.0 Å². The number of hydrogen-bond acceptors (Lipinski definition) is 9. The first-order chi connectivity index (χ1) is 16.7. The third-order valence-electron chi connectivity index (χ3n) is 4.56. The van der Waals surface area contributed by atoms with Crippen LogP contribution in [0.1, 0.15) is 5.56 Å². The van der Waals surface area contributed by atoms with E-state index in [1.54, 1.807) is 6.07 Å². The van der Waals surface area contributed by atoms with Crippen LogP contribution in [-0.2, 0) is 4.79 Å². The number of carbonyl (C=O) groups excluding carboxylic acids is 1. The molecule has 2 N–H and O–H groups in total. The number of nitrogens with one attached hydrogen (secondary N) is 1. The van der Waals surface area contributed by atoms with Crippen molar-refractivity contribution < 1.29 is 29.2 Å². The van der Waals surface area contributed by atoms with Gasteiger partial charge in [-0.15, -0.1) is 0 Å². The summed E-state index contributed by atoms with van der Waals surface area (Å²) in [4.78, 5) is 33.1. The molecule has 1 amide bonds. The molecule has 0 fully saturated rings. The standard InChI is InChI=1S/C23H16N4O8/c1-34-22-11-14(10-15(13-24)23(29)25-16-3-6-18(28)7-4-16)2-8-21(22)35-20-9-5-17(26(30)31)12-19(20)27(32)33/h2-12,28H,1H3,(H,25,29). The summed E-state index contributed by atoms with van der Waals surface area (Å²) < 4.78 is 10.8. The van der Waals surface area contributed by atoms with Gasteiger partial charge >= 0.3 is 5.69 Å². The molecule has 0 spiro atoms. The van der Waals surface area contributed by atoms with Crippen molar-refractivity contribution >= 4 is 29.0 Å². The van der Waals surface area contributed by atoms with E-state index in [1.165, 1.54) is 55.7 Å². The van der Waals surface area contributed by atoms with Crippen LogP contribution in [0.2, 0.25) is 0 Å². The number of rotatable bonds is 8. The number of benzene rings is 3. The third kappa shape index (κ3) is 5.88. The van der Waals surface area contributed by atoms with Gasteiger partial charge in [0.05, 0.1) is 23.0 Å². The molecule has 0 aliphatic carbocycles. The number of aromatic hydroxyl groups is 1. The minimum absolute atomic E-state index is 0.0208. The van der Waals surface area contributed by atoms with E-state index in [4.69, 9.17) is 9.47 Å². The molecule has 0 atom stereocenters. The van der Waals surface area contributed by atoms with E-state index >= 15 is 0 Å². The number of phenols is 1. The second-order valence-corrected chi connectivity index (χ2v) is 6.85. The zero-order chi connectivity index (χ0) is 25.5. The fourth-order valence-corrected chi connectivity index (χ4v) is 2.88. The number of phenolic OH excluding ortho intramolecular Hbond substituents is 1. The van der Waals surface area contributed by atoms with Gasteiger partial charge in [-0.1, -0.05) is 6.07 Å². The molecule has 0 heterocycles. The van der Waals surface area contributed by atoms with Gasteiger partial charge in [0.1, 0.15) is 17.4 Å². The van der Waals surface area contributed by atoms with E-state index in [1.807, 2.05) is 0 Å². The van der Waals surface area contributed by atoms with Crippen LogP contribution in [0, 0.1) is 31.6 Å². The number of nitrogens with zero attached hydrogens (tertiary/aromatic N) is 3. The van der Waals surface area contributed by atoms with Crippen LogP contribution in [0.25, 0.3) is 6.08 Å². The first-order valence-electron chi connectivity index (χ1n) is 9.72. The predicted octanol–water partition coefficient (Wildman–Crippen LogP) is 4.56. The highest BCUT2D eigenvalue weighted by Gasteiger charge is 2.22. The van der Waals surface area contributed by atoms with E-state index in [2.05, 4.69) is 5.32 Å². The number of anilines is 1. The van der Waals surface area contributed by atoms with E-state index in [-0.39, 0.29) is 28.6 Å². The first kappa shape index (κ1) is 24.2. The van der Waals surface area contributed by atoms with Gasteiger partial charge in [-0.3, -0.25) is 25.0 Å². The summed E-state index contributed by atoms with van der Waals surface area (Å²) in [5.41, 5.74) is -0.529. The van der Waals surface area contributed by atoms with E-state index < -0.39 is 27.1 Å². The molecule has 0 bridgehead atoms. The van der Waals surface area contributed by atoms with Gasteiger partial charge in [0.15, 0.2) is 11.5 Å². The molecule has 176 valence electrons. The lowest BCUT2D eigenvalue weighted by atomic mass is 10.1. The average molecular weight is 476 g/mol. The number of hydrogen-bond donors (Lipinski definition) is 2. The van der Waals surface area contributed by atoms with Crippen molar-refractivity contribution in [2.75, 3.05) is 12.4 Å². The number of nitro benzene ring substituents is 2. The molecule has 12 nitrogen and oxygen atoms in total. The SMILES string of the molecule is COc1cc(C=C(C#N)C(=O)Nc2ccc(O)cc2)ccc1Oc1ccc([N+](=O)[O-])cc1[N+](=O)[O-]. The lowest BCUT2D eigenvalue weighted by molar-refractivity contribution is -0.394. The van der Waals surface area contributed by atoms with Crippen molar-refractivity contribution in [2.24, 2.45) is 0 Å². The van der Waals surface area contributed by atoms with Gasteiger partial charge in [0.2, 0.25) is 5.75 Å². The number of nitriles is 1. The maximum atomic E-state index is 12.4. The van der Waals surface area contributed by atoms with Gasteiger partial charge in [-0.05, 0) is 54.1 Å². The largest absolute Gasteiger partial charge is 0.508 e. The first-order valence-corrected chi connectivity index (χ1v) is 9.72. The third-order valence-corrected chi connectivity index (χ3v) is 4.56. The molecular weight excluding hydrogens is 460 g/mol. The van der Waals surface area contributed by atoms with Crippen LogP contribution in [0.15, 0.2) is 66.2 Å². The molecular formula is C23H16N4O8. The quantitative estimate of drug-likeness (QED) is 0.155. The Labute approximate surface area is 197 Å². The van der Waals surface area contributed by atoms with Crippen molar-refractivity contribution in [2.45, 2.75) is 0 Å². The number of ether oxygens (including phenoxy) is 2. The molecule has 3 rings (SSSR count). The molecule has 3 aromatic carbocycles. The van der Waals surface area contributed by atoms with Crippen LogP contribution in [0.3, 0.4) is 0 Å². The zero-order valence-electron chi connectivity index (χ0n) is 18.0. The predicted molar refractivity (Wildman–Crippen MR) is 123 cm³/mol. The number of amides is 1. The minimum atomic E-state index is -0.808. The molecule has 0 aromatic heterocycles. The van der Waals surface area contributed by atoms with Gasteiger partial charge in [0, 0.05) is 11.8 Å². The highest BCUT2D eigenvalue weighted by atomic mass is 16.6. The van der Waals surface area contributed by atoms with Crippen LogP contribution < -0.4 is 14.8 Å². The van der Waals surface area contributed by atoms with Gasteiger partial charge in [0.25, 0.3) is 11.6 Å². The zero-order valence-corrected chi connectivity index (χ0v) is 18.0. The Hall–Kier alpha value is -5.44. The van der Waals surface area contributed by atoms with Gasteiger partial charge in [-0.25, -0.2) is 0 Å². The van der Waals surface area contributed by atoms with Crippen LogP contribution in [-0.4, -0.2) is 28.0 Å². The second kappa shape index (κ2) is 10.5. The molecule has 0 saturated heterocycles. The van der Waals surface area contributed by atoms with Gasteiger partial charge < -0.3 is 19.9 Å². The lowest BCUT2D eigenvalue weighted by Gasteiger charge is -2.11. The number of methoxy groups -OCH3 is 1. The molecule has 3 aromatic rings. The summed E-state index contributed by atoms with van der Waals surface area (Å²) in [7, 11) is 1.32. The van der Waals surface area contributed by atoms with E-state index in [0.717, 1.165) is 18.2 Å². The molecule has 0 saturated carbocycles. The maximum absolute atomic E-state index is 12.4. The van der Waals surface area contributed by atoms with Gasteiger partial charge in [-0.2, -0.15) is 5.26 Å².